The van der Waals surface area contributed by atoms with E-state index in [9.17, 15) is 9.59 Å². The molecule has 7 heteroatoms. The maximum Gasteiger partial charge on any atom is 0.253 e. The molecule has 4 rings (SSSR count). The lowest BCUT2D eigenvalue weighted by atomic mass is 9.75. The average molecular weight is 457 g/mol. The molecule has 0 spiro atoms. The molecule has 170 valence electrons. The van der Waals surface area contributed by atoms with Crippen molar-refractivity contribution in [1.29, 1.82) is 0 Å². The minimum Gasteiger partial charge on any atom is -0.493 e. The minimum absolute atomic E-state index is 0.00116. The Kier molecular flexibility index (Phi) is 7.33. The lowest BCUT2D eigenvalue weighted by Gasteiger charge is -2.42. The smallest absolute Gasteiger partial charge is 0.253 e. The van der Waals surface area contributed by atoms with Crippen molar-refractivity contribution in [2.45, 2.75) is 19.3 Å². The number of halogens is 1. The number of piperidine rings is 1. The number of nitrogens with zero attached hydrogens (tertiary/aromatic N) is 2. The topological polar surface area (TPSA) is 59.1 Å². The second-order valence-electron chi connectivity index (χ2n) is 8.57. The van der Waals surface area contributed by atoms with E-state index in [0.717, 1.165) is 18.6 Å². The third-order valence-corrected chi connectivity index (χ3v) is 6.63. The van der Waals surface area contributed by atoms with Crippen molar-refractivity contribution >= 4 is 23.4 Å². The fourth-order valence-electron chi connectivity index (χ4n) is 4.33. The molecule has 0 aromatic heterocycles. The summed E-state index contributed by atoms with van der Waals surface area (Å²) in [5.74, 6) is 0.937. The predicted octanol–water partition coefficient (Wildman–Crippen LogP) is 3.89. The molecule has 0 saturated carbocycles. The highest BCUT2D eigenvalue weighted by atomic mass is 35.5. The van der Waals surface area contributed by atoms with E-state index < -0.39 is 0 Å². The highest BCUT2D eigenvalue weighted by molar-refractivity contribution is 6.30. The van der Waals surface area contributed by atoms with Gasteiger partial charge in [-0.1, -0.05) is 29.8 Å². The largest absolute Gasteiger partial charge is 0.493 e. The van der Waals surface area contributed by atoms with E-state index in [1.54, 1.807) is 24.3 Å². The number of carbonyl (C=O) groups is 2. The zero-order chi connectivity index (χ0) is 22.4. The molecular weight excluding hydrogens is 428 g/mol. The van der Waals surface area contributed by atoms with Gasteiger partial charge in [0.05, 0.1) is 19.8 Å². The number of morpholine rings is 1. The zero-order valence-corrected chi connectivity index (χ0v) is 18.9. The lowest BCUT2D eigenvalue weighted by Crippen LogP contribution is -2.49. The van der Waals surface area contributed by atoms with Gasteiger partial charge in [-0.2, -0.15) is 0 Å². The van der Waals surface area contributed by atoms with Crippen LogP contribution in [0.5, 0.6) is 5.75 Å². The van der Waals surface area contributed by atoms with E-state index in [1.165, 1.54) is 0 Å². The molecule has 0 atom stereocenters. The molecular formula is C25H29ClN2O4. The quantitative estimate of drug-likeness (QED) is 0.661. The second-order valence-corrected chi connectivity index (χ2v) is 9.01. The molecule has 32 heavy (non-hydrogen) atoms. The van der Waals surface area contributed by atoms with Gasteiger partial charge in [0, 0.05) is 48.6 Å². The Morgan fingerprint density at radius 3 is 2.22 bits per heavy atom. The highest BCUT2D eigenvalue weighted by Gasteiger charge is 2.40. The molecule has 6 nitrogen and oxygen atoms in total. The molecule has 0 unspecified atom stereocenters. The summed E-state index contributed by atoms with van der Waals surface area (Å²) in [5, 5.41) is 0.610. The van der Waals surface area contributed by atoms with Crippen molar-refractivity contribution in [2.75, 3.05) is 46.0 Å². The van der Waals surface area contributed by atoms with Gasteiger partial charge < -0.3 is 19.3 Å². The van der Waals surface area contributed by atoms with Crippen LogP contribution in [0, 0.1) is 5.41 Å². The standard InChI is InChI=1S/C25H29ClN2O4/c26-21-8-6-20(7-9-21)24(30)28-12-10-25(11-13-28,19-32-22-4-2-1-3-5-22)18-23(29)27-14-16-31-17-15-27/h1-9H,10-19H2. The van der Waals surface area contributed by atoms with Gasteiger partial charge in [0.15, 0.2) is 0 Å². The van der Waals surface area contributed by atoms with Crippen LogP contribution in [-0.4, -0.2) is 67.6 Å². The van der Waals surface area contributed by atoms with Crippen molar-refractivity contribution in [3.05, 3.63) is 65.2 Å². The molecule has 2 saturated heterocycles. The Morgan fingerprint density at radius 1 is 0.906 bits per heavy atom. The summed E-state index contributed by atoms with van der Waals surface area (Å²) >= 11 is 5.95. The molecule has 2 amide bonds. The van der Waals surface area contributed by atoms with E-state index in [-0.39, 0.29) is 17.2 Å². The Bertz CT molecular complexity index is 905. The first-order valence-electron chi connectivity index (χ1n) is 11.1. The van der Waals surface area contributed by atoms with Crippen LogP contribution < -0.4 is 4.74 Å². The molecule has 2 aromatic carbocycles. The highest BCUT2D eigenvalue weighted by Crippen LogP contribution is 2.37. The summed E-state index contributed by atoms with van der Waals surface area (Å²) in [5.41, 5.74) is 0.328. The summed E-state index contributed by atoms with van der Waals surface area (Å²) in [6.45, 7) is 4.08. The molecule has 2 fully saturated rings. The number of amides is 2. The molecule has 2 aliphatic rings. The van der Waals surface area contributed by atoms with Crippen LogP contribution in [0.3, 0.4) is 0 Å². The van der Waals surface area contributed by atoms with Gasteiger partial charge >= 0.3 is 0 Å². The Labute approximate surface area is 194 Å². The maximum absolute atomic E-state index is 13.1. The van der Waals surface area contributed by atoms with E-state index in [2.05, 4.69) is 0 Å². The first-order chi connectivity index (χ1) is 15.5. The minimum atomic E-state index is -0.304. The maximum atomic E-state index is 13.1. The number of rotatable bonds is 6. The summed E-state index contributed by atoms with van der Waals surface area (Å²) in [7, 11) is 0. The fourth-order valence-corrected chi connectivity index (χ4v) is 4.46. The lowest BCUT2D eigenvalue weighted by molar-refractivity contribution is -0.139. The first kappa shape index (κ1) is 22.6. The fraction of sp³-hybridized carbons (Fsp3) is 0.440. The van der Waals surface area contributed by atoms with Crippen LogP contribution in [0.15, 0.2) is 54.6 Å². The SMILES string of the molecule is O=C(CC1(COc2ccccc2)CCN(C(=O)c2ccc(Cl)cc2)CC1)N1CCOCC1. The van der Waals surface area contributed by atoms with Gasteiger partial charge in [-0.05, 0) is 49.2 Å². The molecule has 0 radical (unpaired) electrons. The summed E-state index contributed by atoms with van der Waals surface area (Å²) in [6, 6.07) is 16.7. The van der Waals surface area contributed by atoms with Crippen LogP contribution in [0.1, 0.15) is 29.6 Å². The average Bonchev–Trinajstić information content (AvgIpc) is 2.84. The Balaban J connectivity index is 1.44. The number of hydrogen-bond acceptors (Lipinski definition) is 4. The van der Waals surface area contributed by atoms with E-state index >= 15 is 0 Å². The molecule has 2 heterocycles. The Hall–Kier alpha value is -2.57. The van der Waals surface area contributed by atoms with Crippen LogP contribution in [0.25, 0.3) is 0 Å². The van der Waals surface area contributed by atoms with E-state index in [4.69, 9.17) is 21.1 Å². The van der Waals surface area contributed by atoms with Gasteiger partial charge in [0.25, 0.3) is 5.91 Å². The first-order valence-corrected chi connectivity index (χ1v) is 11.5. The van der Waals surface area contributed by atoms with Gasteiger partial charge in [0.1, 0.15) is 5.75 Å². The third-order valence-electron chi connectivity index (χ3n) is 6.38. The number of likely N-dealkylation sites (tertiary alicyclic amines) is 1. The summed E-state index contributed by atoms with van der Waals surface area (Å²) in [4.78, 5) is 29.8. The van der Waals surface area contributed by atoms with Crippen molar-refractivity contribution < 1.29 is 19.1 Å². The van der Waals surface area contributed by atoms with E-state index in [0.29, 0.717) is 63.0 Å². The second kappa shape index (κ2) is 10.4. The molecule has 2 aliphatic heterocycles. The third kappa shape index (κ3) is 5.61. The van der Waals surface area contributed by atoms with Crippen LogP contribution in [0.2, 0.25) is 5.02 Å². The molecule has 0 bridgehead atoms. The van der Waals surface area contributed by atoms with Gasteiger partial charge in [-0.15, -0.1) is 0 Å². The van der Waals surface area contributed by atoms with E-state index in [1.807, 2.05) is 40.1 Å². The number of para-hydroxylation sites is 1. The molecule has 2 aromatic rings. The molecule has 0 N–H and O–H groups in total. The summed E-state index contributed by atoms with van der Waals surface area (Å²) < 4.78 is 11.5. The van der Waals surface area contributed by atoms with Gasteiger partial charge in [-0.3, -0.25) is 9.59 Å². The molecule has 0 aliphatic carbocycles. The van der Waals surface area contributed by atoms with Crippen molar-refractivity contribution in [3.8, 4) is 5.75 Å². The zero-order valence-electron chi connectivity index (χ0n) is 18.2. The monoisotopic (exact) mass is 456 g/mol. The summed E-state index contributed by atoms with van der Waals surface area (Å²) in [6.07, 6.45) is 1.85. The van der Waals surface area contributed by atoms with Crippen molar-refractivity contribution in [2.24, 2.45) is 5.41 Å². The number of carbonyl (C=O) groups excluding carboxylic acids is 2. The van der Waals surface area contributed by atoms with Crippen LogP contribution >= 0.6 is 11.6 Å². The van der Waals surface area contributed by atoms with Crippen molar-refractivity contribution in [1.82, 2.24) is 9.80 Å². The number of benzene rings is 2. The van der Waals surface area contributed by atoms with Crippen LogP contribution in [-0.2, 0) is 9.53 Å². The number of hydrogen-bond donors (Lipinski definition) is 0. The van der Waals surface area contributed by atoms with Gasteiger partial charge in [-0.25, -0.2) is 0 Å². The number of ether oxygens (including phenoxy) is 2. The predicted molar refractivity (Wildman–Crippen MR) is 123 cm³/mol. The van der Waals surface area contributed by atoms with Crippen molar-refractivity contribution in [3.63, 3.8) is 0 Å². The van der Waals surface area contributed by atoms with Gasteiger partial charge in [0.2, 0.25) is 5.91 Å². The Morgan fingerprint density at radius 2 is 1.56 bits per heavy atom. The van der Waals surface area contributed by atoms with Crippen LogP contribution in [0.4, 0.5) is 0 Å². The normalized spacial score (nSPS) is 18.3.